The summed E-state index contributed by atoms with van der Waals surface area (Å²) in [6, 6.07) is 10.4. The second-order valence-corrected chi connectivity index (χ2v) is 8.08. The number of carbonyl (C=O) groups is 2. The van der Waals surface area contributed by atoms with Crippen LogP contribution >= 0.6 is 27.5 Å². The number of halogens is 2. The molecule has 0 radical (unpaired) electrons. The van der Waals surface area contributed by atoms with Gasteiger partial charge in [0.15, 0.2) is 6.61 Å². The van der Waals surface area contributed by atoms with E-state index in [2.05, 4.69) is 21.2 Å². The third-order valence-corrected chi connectivity index (χ3v) is 6.17. The smallest absolute Gasteiger partial charge is 0.261 e. The molecule has 0 aromatic heterocycles. The summed E-state index contributed by atoms with van der Waals surface area (Å²) in [5.41, 5.74) is 2.95. The summed E-state index contributed by atoms with van der Waals surface area (Å²) in [4.78, 5) is 26.9. The molecule has 0 saturated carbocycles. The number of hydrogen-bond donors (Lipinski definition) is 1. The van der Waals surface area contributed by atoms with Crippen molar-refractivity contribution in [2.24, 2.45) is 0 Å². The van der Waals surface area contributed by atoms with Gasteiger partial charge in [0.05, 0.1) is 0 Å². The minimum Gasteiger partial charge on any atom is -0.484 e. The van der Waals surface area contributed by atoms with Crippen molar-refractivity contribution in [2.45, 2.75) is 39.8 Å². The molecule has 0 spiro atoms. The molecule has 0 saturated heterocycles. The van der Waals surface area contributed by atoms with Crippen LogP contribution in [0.4, 0.5) is 0 Å². The summed E-state index contributed by atoms with van der Waals surface area (Å²) in [7, 11) is 1.57. The second-order valence-electron chi connectivity index (χ2n) is 6.85. The van der Waals surface area contributed by atoms with Gasteiger partial charge in [-0.15, -0.1) is 0 Å². The number of aryl methyl sites for hydroxylation is 2. The van der Waals surface area contributed by atoms with Crippen molar-refractivity contribution >= 4 is 39.3 Å². The van der Waals surface area contributed by atoms with E-state index < -0.39 is 6.04 Å². The normalized spacial score (nSPS) is 11.7. The van der Waals surface area contributed by atoms with Gasteiger partial charge in [-0.3, -0.25) is 9.59 Å². The van der Waals surface area contributed by atoms with Gasteiger partial charge in [-0.1, -0.05) is 46.6 Å². The summed E-state index contributed by atoms with van der Waals surface area (Å²) in [6.07, 6.45) is 0.496. The molecule has 0 unspecified atom stereocenters. The Kier molecular flexibility index (Phi) is 8.53. The fraction of sp³-hybridized carbons (Fsp3) is 0.364. The van der Waals surface area contributed by atoms with Crippen molar-refractivity contribution in [1.29, 1.82) is 0 Å². The highest BCUT2D eigenvalue weighted by Gasteiger charge is 2.28. The van der Waals surface area contributed by atoms with Crippen molar-refractivity contribution < 1.29 is 14.3 Å². The van der Waals surface area contributed by atoms with Crippen LogP contribution in [0.5, 0.6) is 5.75 Å². The van der Waals surface area contributed by atoms with Gasteiger partial charge in [0.1, 0.15) is 11.8 Å². The van der Waals surface area contributed by atoms with Crippen LogP contribution in [0.2, 0.25) is 5.02 Å². The lowest BCUT2D eigenvalue weighted by Crippen LogP contribution is -2.49. The summed E-state index contributed by atoms with van der Waals surface area (Å²) < 4.78 is 6.79. The highest BCUT2D eigenvalue weighted by atomic mass is 79.9. The largest absolute Gasteiger partial charge is 0.484 e. The lowest BCUT2D eigenvalue weighted by molar-refractivity contribution is -0.142. The maximum absolute atomic E-state index is 13.0. The highest BCUT2D eigenvalue weighted by molar-refractivity contribution is 9.10. The van der Waals surface area contributed by atoms with Crippen LogP contribution in [0.3, 0.4) is 0 Å². The Morgan fingerprint density at radius 1 is 1.17 bits per heavy atom. The third-order valence-electron chi connectivity index (χ3n) is 4.67. The van der Waals surface area contributed by atoms with Gasteiger partial charge in [0.2, 0.25) is 5.91 Å². The molecule has 1 atom stereocenters. The minimum atomic E-state index is -0.583. The van der Waals surface area contributed by atoms with Crippen molar-refractivity contribution in [1.82, 2.24) is 10.2 Å². The number of carbonyl (C=O) groups excluding carboxylic acids is 2. The van der Waals surface area contributed by atoms with Gasteiger partial charge in [-0.2, -0.15) is 0 Å². The molecule has 5 nitrogen and oxygen atoms in total. The Balaban J connectivity index is 2.21. The fourth-order valence-electron chi connectivity index (χ4n) is 3.09. The first-order valence-corrected chi connectivity index (χ1v) is 10.6. The molecule has 1 N–H and O–H groups in total. The van der Waals surface area contributed by atoms with Crippen LogP contribution in [0, 0.1) is 13.8 Å². The van der Waals surface area contributed by atoms with Crippen molar-refractivity contribution in [3.8, 4) is 5.75 Å². The van der Waals surface area contributed by atoms with Crippen molar-refractivity contribution in [2.75, 3.05) is 13.7 Å². The molecular weight excluding hydrogens is 456 g/mol. The molecule has 0 aliphatic heterocycles. The van der Waals surface area contributed by atoms with Gasteiger partial charge in [-0.05, 0) is 61.2 Å². The molecule has 0 fully saturated rings. The Labute approximate surface area is 185 Å². The SMILES string of the molecule is CC[C@@H](C(=O)NC)N(Cc1ccc(Cl)cc1)C(=O)COc1cc(C)c(Br)c(C)c1. The number of nitrogens with zero attached hydrogens (tertiary/aromatic N) is 1. The number of amides is 2. The molecule has 2 amide bonds. The lowest BCUT2D eigenvalue weighted by atomic mass is 10.1. The topological polar surface area (TPSA) is 58.6 Å². The van der Waals surface area contributed by atoms with E-state index in [4.69, 9.17) is 16.3 Å². The zero-order chi connectivity index (χ0) is 21.6. The Hall–Kier alpha value is -2.05. The number of likely N-dealkylation sites (N-methyl/N-ethyl adjacent to an activating group) is 1. The Morgan fingerprint density at radius 2 is 1.76 bits per heavy atom. The monoisotopic (exact) mass is 480 g/mol. The van der Waals surface area contributed by atoms with Gasteiger partial charge >= 0.3 is 0 Å². The van der Waals surface area contributed by atoms with E-state index in [1.54, 1.807) is 24.1 Å². The zero-order valence-corrected chi connectivity index (χ0v) is 19.4. The van der Waals surface area contributed by atoms with Gasteiger partial charge in [0.25, 0.3) is 5.91 Å². The number of rotatable bonds is 8. The fourth-order valence-corrected chi connectivity index (χ4v) is 3.45. The van der Waals surface area contributed by atoms with Crippen LogP contribution in [-0.2, 0) is 16.1 Å². The molecular formula is C22H26BrClN2O3. The third kappa shape index (κ3) is 6.21. The van der Waals surface area contributed by atoms with E-state index in [-0.39, 0.29) is 18.4 Å². The van der Waals surface area contributed by atoms with Gasteiger partial charge < -0.3 is 15.0 Å². The summed E-state index contributed by atoms with van der Waals surface area (Å²) in [5, 5.41) is 3.26. The molecule has 29 heavy (non-hydrogen) atoms. The maximum atomic E-state index is 13.0. The van der Waals surface area contributed by atoms with Gasteiger partial charge in [0, 0.05) is 23.1 Å². The lowest BCUT2D eigenvalue weighted by Gasteiger charge is -2.30. The van der Waals surface area contributed by atoms with E-state index in [1.807, 2.05) is 45.0 Å². The number of benzene rings is 2. The first kappa shape index (κ1) is 23.2. The van der Waals surface area contributed by atoms with E-state index >= 15 is 0 Å². The first-order chi connectivity index (χ1) is 13.8. The van der Waals surface area contributed by atoms with E-state index in [9.17, 15) is 9.59 Å². The second kappa shape index (κ2) is 10.6. The van der Waals surface area contributed by atoms with Gasteiger partial charge in [-0.25, -0.2) is 0 Å². The molecule has 0 bridgehead atoms. The average molecular weight is 482 g/mol. The predicted molar refractivity (Wildman–Crippen MR) is 119 cm³/mol. The maximum Gasteiger partial charge on any atom is 0.261 e. The highest BCUT2D eigenvalue weighted by Crippen LogP contribution is 2.26. The minimum absolute atomic E-state index is 0.151. The number of ether oxygens (including phenoxy) is 1. The quantitative estimate of drug-likeness (QED) is 0.597. The number of nitrogens with one attached hydrogen (secondary N) is 1. The Morgan fingerprint density at radius 3 is 2.28 bits per heavy atom. The van der Waals surface area contributed by atoms with Crippen LogP contribution in [0.1, 0.15) is 30.0 Å². The summed E-state index contributed by atoms with van der Waals surface area (Å²) in [6.45, 7) is 5.96. The van der Waals surface area contributed by atoms with E-state index in [0.29, 0.717) is 23.7 Å². The predicted octanol–water partition coefficient (Wildman–Crippen LogP) is 4.65. The molecule has 7 heteroatoms. The van der Waals surface area contributed by atoms with Crippen LogP contribution < -0.4 is 10.1 Å². The average Bonchev–Trinajstić information content (AvgIpc) is 2.71. The standard InChI is InChI=1S/C22H26BrClN2O3/c1-5-19(22(28)25-4)26(12-16-6-8-17(24)9-7-16)20(27)13-29-18-10-14(2)21(23)15(3)11-18/h6-11,19H,5,12-13H2,1-4H3,(H,25,28)/t19-/m0/s1. The molecule has 2 aromatic carbocycles. The zero-order valence-electron chi connectivity index (χ0n) is 17.1. The molecule has 0 aliphatic carbocycles. The van der Waals surface area contributed by atoms with Crippen LogP contribution in [0.25, 0.3) is 0 Å². The Bertz CT molecular complexity index is 848. The molecule has 2 aromatic rings. The summed E-state index contributed by atoms with van der Waals surface area (Å²) >= 11 is 9.49. The number of hydrogen-bond acceptors (Lipinski definition) is 3. The first-order valence-electron chi connectivity index (χ1n) is 9.41. The summed E-state index contributed by atoms with van der Waals surface area (Å²) in [5.74, 6) is 0.162. The van der Waals surface area contributed by atoms with E-state index in [1.165, 1.54) is 0 Å². The van der Waals surface area contributed by atoms with Crippen LogP contribution in [-0.4, -0.2) is 36.4 Å². The van der Waals surface area contributed by atoms with Crippen LogP contribution in [0.15, 0.2) is 40.9 Å². The van der Waals surface area contributed by atoms with Crippen molar-refractivity contribution in [3.05, 3.63) is 62.6 Å². The van der Waals surface area contributed by atoms with E-state index in [0.717, 1.165) is 21.2 Å². The molecule has 156 valence electrons. The molecule has 2 rings (SSSR count). The molecule has 0 aliphatic rings. The molecule has 0 heterocycles. The van der Waals surface area contributed by atoms with Crippen molar-refractivity contribution in [3.63, 3.8) is 0 Å².